The summed E-state index contributed by atoms with van der Waals surface area (Å²) in [5.74, 6) is 0.396. The number of carbonyl (C=O) groups excluding carboxylic acids is 1. The molecule has 3 radical (unpaired) electrons. The number of aliphatic hydroxyl groups is 1. The van der Waals surface area contributed by atoms with Gasteiger partial charge in [0.25, 0.3) is 0 Å². The number of hydrogen-bond donors (Lipinski definition) is 2. The number of rotatable bonds is 8. The number of nitrogens with one attached hydrogen (secondary N) is 1. The fraction of sp³-hybridized carbons (Fsp3) is 0.481. The zero-order chi connectivity index (χ0) is 27.9. The summed E-state index contributed by atoms with van der Waals surface area (Å²) in [6, 6.07) is 9.71. The van der Waals surface area contributed by atoms with Gasteiger partial charge in [0.15, 0.2) is 5.66 Å². The lowest BCUT2D eigenvalue weighted by molar-refractivity contribution is -0.134. The highest BCUT2D eigenvalue weighted by Crippen LogP contribution is 2.37. The van der Waals surface area contributed by atoms with Gasteiger partial charge in [-0.3, -0.25) is 4.79 Å². The summed E-state index contributed by atoms with van der Waals surface area (Å²) in [6.45, 7) is 11.0. The van der Waals surface area contributed by atoms with E-state index in [0.29, 0.717) is 30.2 Å². The van der Waals surface area contributed by atoms with Crippen LogP contribution in [0.4, 0.5) is 0 Å². The van der Waals surface area contributed by atoms with Gasteiger partial charge >= 0.3 is 0 Å². The summed E-state index contributed by atoms with van der Waals surface area (Å²) < 4.78 is 5.49. The predicted octanol–water partition coefficient (Wildman–Crippen LogP) is 2.33. The van der Waals surface area contributed by atoms with Gasteiger partial charge in [-0.15, -0.1) is 11.3 Å². The summed E-state index contributed by atoms with van der Waals surface area (Å²) >= 11 is 1.63. The second-order valence-electron chi connectivity index (χ2n) is 10.7. The lowest BCUT2D eigenvalue weighted by atomic mass is 9.53. The standard InChI is InChI=1S/C27H33B2N6O3S/c1-6-35-27(5,18-9-7-17(8-10-18)24-16(4)30-14-39-24)31-25(32-35)20-11-19(36)13-34(20)26(37)23(15(2)3)21-12-22(29-28)33-38-21/h7-10,12,14-15,19-20,23,36H,6,11,13H2,1-5H3,(H,31,32)/t19-,20-,23?,27-/m1/s1. The third-order valence-electron chi connectivity index (χ3n) is 7.70. The van der Waals surface area contributed by atoms with Crippen molar-refractivity contribution in [3.8, 4) is 10.4 Å². The molecule has 39 heavy (non-hydrogen) atoms. The number of amides is 1. The number of hydrazine groups is 1. The molecule has 2 N–H and O–H groups in total. The number of nitrogens with zero attached hydrogens (tertiary/aromatic N) is 5. The maximum absolute atomic E-state index is 13.9. The molecule has 2 aliphatic heterocycles. The third-order valence-corrected chi connectivity index (χ3v) is 8.68. The van der Waals surface area contributed by atoms with Crippen molar-refractivity contribution in [3.63, 3.8) is 0 Å². The van der Waals surface area contributed by atoms with E-state index in [1.807, 2.05) is 26.3 Å². The van der Waals surface area contributed by atoms with Gasteiger partial charge in [-0.05, 0) is 37.0 Å². The number of likely N-dealkylation sites (tertiary alicyclic amines) is 1. The molecule has 201 valence electrons. The van der Waals surface area contributed by atoms with E-state index < -0.39 is 23.7 Å². The number of hydrogen-bond acceptors (Lipinski definition) is 9. The van der Waals surface area contributed by atoms with Crippen LogP contribution in [0.2, 0.25) is 0 Å². The maximum Gasteiger partial charge on any atom is 0.234 e. The van der Waals surface area contributed by atoms with Crippen LogP contribution in [-0.2, 0) is 10.5 Å². The number of aliphatic imine (C=N–C) groups is 1. The van der Waals surface area contributed by atoms with Crippen LogP contribution >= 0.6 is 11.3 Å². The first-order chi connectivity index (χ1) is 18.7. The third kappa shape index (κ3) is 5.05. The molecule has 1 unspecified atom stereocenters. The molecule has 0 aliphatic carbocycles. The van der Waals surface area contributed by atoms with Crippen LogP contribution in [0.1, 0.15) is 57.1 Å². The average molecular weight is 543 g/mol. The van der Waals surface area contributed by atoms with Crippen molar-refractivity contribution >= 4 is 43.6 Å². The van der Waals surface area contributed by atoms with E-state index in [4.69, 9.17) is 17.3 Å². The highest BCUT2D eigenvalue weighted by molar-refractivity contribution is 7.13. The molecular formula is C27H33B2N6O3S. The highest BCUT2D eigenvalue weighted by atomic mass is 32.1. The maximum atomic E-state index is 13.9. The number of aliphatic hydroxyl groups excluding tert-OH is 1. The van der Waals surface area contributed by atoms with Gasteiger partial charge in [-0.2, -0.15) is 5.01 Å². The smallest absolute Gasteiger partial charge is 0.234 e. The second kappa shape index (κ2) is 10.9. The number of thiazole rings is 1. The average Bonchev–Trinajstić information content (AvgIpc) is 3.70. The van der Waals surface area contributed by atoms with Crippen molar-refractivity contribution in [2.45, 2.75) is 64.8 Å². The monoisotopic (exact) mass is 543 g/mol. The Kier molecular flexibility index (Phi) is 7.72. The second-order valence-corrected chi connectivity index (χ2v) is 11.5. The van der Waals surface area contributed by atoms with Gasteiger partial charge < -0.3 is 20.0 Å². The van der Waals surface area contributed by atoms with Gasteiger partial charge in [0.2, 0.25) is 5.91 Å². The normalized spacial score (nSPS) is 24.2. The number of carbonyl (C=O) groups is 1. The molecule has 0 bridgehead atoms. The Morgan fingerprint density at radius 2 is 2.10 bits per heavy atom. The van der Waals surface area contributed by atoms with Crippen molar-refractivity contribution in [2.75, 3.05) is 13.1 Å². The van der Waals surface area contributed by atoms with E-state index in [0.717, 1.165) is 21.7 Å². The molecule has 1 amide bonds. The highest BCUT2D eigenvalue weighted by Gasteiger charge is 2.47. The van der Waals surface area contributed by atoms with Crippen LogP contribution in [0.25, 0.3) is 10.4 Å². The van der Waals surface area contributed by atoms with Crippen LogP contribution in [0.15, 0.2) is 45.4 Å². The lowest BCUT2D eigenvalue weighted by Crippen LogP contribution is -2.51. The Morgan fingerprint density at radius 1 is 1.36 bits per heavy atom. The zero-order valence-electron chi connectivity index (χ0n) is 23.0. The van der Waals surface area contributed by atoms with Crippen LogP contribution in [0, 0.1) is 12.8 Å². The minimum Gasteiger partial charge on any atom is -0.391 e. The van der Waals surface area contributed by atoms with Crippen molar-refractivity contribution < 1.29 is 14.4 Å². The fourth-order valence-electron chi connectivity index (χ4n) is 5.60. The minimum absolute atomic E-state index is 0.0500. The van der Waals surface area contributed by atoms with Gasteiger partial charge in [-0.1, -0.05) is 50.2 Å². The van der Waals surface area contributed by atoms with Gasteiger partial charge in [-0.25, -0.2) is 9.98 Å². The lowest BCUT2D eigenvalue weighted by Gasteiger charge is -2.32. The Balaban J connectivity index is 1.44. The molecule has 4 heterocycles. The van der Waals surface area contributed by atoms with E-state index in [2.05, 4.69) is 58.7 Å². The van der Waals surface area contributed by atoms with Crippen LogP contribution in [0.5, 0.6) is 0 Å². The van der Waals surface area contributed by atoms with Crippen molar-refractivity contribution in [3.05, 3.63) is 52.9 Å². The first kappa shape index (κ1) is 27.6. The Morgan fingerprint density at radius 3 is 2.69 bits per heavy atom. The van der Waals surface area contributed by atoms with Crippen LogP contribution in [0.3, 0.4) is 0 Å². The minimum atomic E-state index is -0.679. The number of aryl methyl sites for hydroxylation is 1. The Hall–Kier alpha value is -2.95. The quantitative estimate of drug-likeness (QED) is 0.420. The van der Waals surface area contributed by atoms with E-state index in [1.165, 1.54) is 7.17 Å². The van der Waals surface area contributed by atoms with E-state index in [-0.39, 0.29) is 18.4 Å². The SMILES string of the molecule is [B][B]c1cc(C(C(=O)N2C[C@H](O)C[C@@H]2C2=N[C@@](C)(c3ccc(-c4scnc4C)cc3)N(CC)N2)C(C)C)on1. The number of amidine groups is 1. The predicted molar refractivity (Wildman–Crippen MR) is 154 cm³/mol. The summed E-state index contributed by atoms with van der Waals surface area (Å²) in [7, 11) is 6.94. The molecule has 1 fully saturated rings. The summed E-state index contributed by atoms with van der Waals surface area (Å²) in [5.41, 5.74) is 8.30. The van der Waals surface area contributed by atoms with Crippen molar-refractivity contribution in [1.29, 1.82) is 0 Å². The van der Waals surface area contributed by atoms with Gasteiger partial charge in [0.1, 0.15) is 24.7 Å². The van der Waals surface area contributed by atoms with Crippen molar-refractivity contribution in [1.82, 2.24) is 25.5 Å². The Bertz CT molecular complexity index is 1360. The number of aromatic nitrogens is 2. The van der Waals surface area contributed by atoms with Gasteiger partial charge in [0.05, 0.1) is 28.2 Å². The Labute approximate surface area is 235 Å². The number of β-amino-alcohol motifs (C(OH)–C–C–N with tert-alkyl or cyclic N) is 1. The topological polar surface area (TPSA) is 107 Å². The summed E-state index contributed by atoms with van der Waals surface area (Å²) in [5, 5.41) is 16.7. The summed E-state index contributed by atoms with van der Waals surface area (Å²) in [6.07, 6.45) is -0.250. The first-order valence-electron chi connectivity index (χ1n) is 13.3. The molecule has 5 rings (SSSR count). The molecule has 4 atom stereocenters. The van der Waals surface area contributed by atoms with E-state index >= 15 is 0 Å². The molecule has 2 aliphatic rings. The molecule has 12 heteroatoms. The molecule has 1 saturated heterocycles. The summed E-state index contributed by atoms with van der Waals surface area (Å²) in [4.78, 5) is 26.4. The first-order valence-corrected chi connectivity index (χ1v) is 14.2. The van der Waals surface area contributed by atoms with E-state index in [9.17, 15) is 9.90 Å². The van der Waals surface area contributed by atoms with Gasteiger partial charge in [0, 0.05) is 32.8 Å². The molecule has 0 spiro atoms. The van der Waals surface area contributed by atoms with E-state index in [1.54, 1.807) is 22.3 Å². The molecule has 0 saturated carbocycles. The van der Waals surface area contributed by atoms with Crippen LogP contribution < -0.4 is 11.0 Å². The molecule has 1 aromatic carbocycles. The molecule has 2 aromatic heterocycles. The fourth-order valence-corrected chi connectivity index (χ4v) is 6.41. The zero-order valence-corrected chi connectivity index (χ0v) is 23.8. The molecule has 9 nitrogen and oxygen atoms in total. The van der Waals surface area contributed by atoms with Crippen LogP contribution in [-0.4, -0.2) is 77.0 Å². The largest absolute Gasteiger partial charge is 0.391 e. The molecular weight excluding hydrogens is 510 g/mol. The molecule has 3 aromatic rings. The number of benzene rings is 1. The van der Waals surface area contributed by atoms with Crippen molar-refractivity contribution in [2.24, 2.45) is 10.9 Å².